The van der Waals surface area contributed by atoms with Crippen LogP contribution in [0.25, 0.3) is 0 Å². The SMILES string of the molecule is CC(=O)CC(=O)OCCCCOc1ccc(CCCOC2CCCCO2)cc1. The Morgan fingerprint density at radius 1 is 1.04 bits per heavy atom. The van der Waals surface area contributed by atoms with Crippen molar-refractivity contribution in [2.45, 2.75) is 64.6 Å². The Hall–Kier alpha value is -1.92. The summed E-state index contributed by atoms with van der Waals surface area (Å²) >= 11 is 0. The summed E-state index contributed by atoms with van der Waals surface area (Å²) in [5, 5.41) is 0. The smallest absolute Gasteiger partial charge is 0.313 e. The zero-order valence-electron chi connectivity index (χ0n) is 16.8. The van der Waals surface area contributed by atoms with Gasteiger partial charge in [0.05, 0.1) is 19.8 Å². The normalized spacial score (nSPS) is 16.5. The molecule has 1 aliphatic rings. The standard InChI is InChI=1S/C22H32O6/c1-18(23)17-21(24)26-14-5-4-13-25-20-11-9-19(10-12-20)7-6-16-28-22-8-2-3-15-27-22/h9-12,22H,2-8,13-17H2,1H3. The molecule has 0 radical (unpaired) electrons. The fraction of sp³-hybridized carbons (Fsp3) is 0.636. The van der Waals surface area contributed by atoms with E-state index in [4.69, 9.17) is 18.9 Å². The molecule has 0 aliphatic carbocycles. The summed E-state index contributed by atoms with van der Waals surface area (Å²) in [5.74, 6) is 0.201. The predicted molar refractivity (Wildman–Crippen MR) is 105 cm³/mol. The van der Waals surface area contributed by atoms with E-state index in [9.17, 15) is 9.59 Å². The van der Waals surface area contributed by atoms with Crippen molar-refractivity contribution >= 4 is 11.8 Å². The number of carbonyl (C=O) groups is 2. The van der Waals surface area contributed by atoms with Crippen LogP contribution in [0, 0.1) is 0 Å². The van der Waals surface area contributed by atoms with Gasteiger partial charge in [-0.15, -0.1) is 0 Å². The highest BCUT2D eigenvalue weighted by Gasteiger charge is 2.13. The minimum Gasteiger partial charge on any atom is -0.494 e. The van der Waals surface area contributed by atoms with Crippen molar-refractivity contribution in [2.24, 2.45) is 0 Å². The number of aryl methyl sites for hydroxylation is 1. The van der Waals surface area contributed by atoms with E-state index >= 15 is 0 Å². The van der Waals surface area contributed by atoms with Gasteiger partial charge < -0.3 is 18.9 Å². The fourth-order valence-electron chi connectivity index (χ4n) is 2.92. The van der Waals surface area contributed by atoms with E-state index in [1.165, 1.54) is 18.9 Å². The van der Waals surface area contributed by atoms with Crippen molar-refractivity contribution in [1.82, 2.24) is 0 Å². The van der Waals surface area contributed by atoms with Crippen LogP contribution in [0.15, 0.2) is 24.3 Å². The molecule has 1 aromatic carbocycles. The highest BCUT2D eigenvalue weighted by Crippen LogP contribution is 2.16. The van der Waals surface area contributed by atoms with Crippen LogP contribution < -0.4 is 4.74 Å². The summed E-state index contributed by atoms with van der Waals surface area (Å²) in [5.41, 5.74) is 1.26. The lowest BCUT2D eigenvalue weighted by atomic mass is 10.1. The van der Waals surface area contributed by atoms with Gasteiger partial charge in [-0.1, -0.05) is 12.1 Å². The first-order chi connectivity index (χ1) is 13.6. The second-order valence-electron chi connectivity index (χ2n) is 7.07. The fourth-order valence-corrected chi connectivity index (χ4v) is 2.92. The first kappa shape index (κ1) is 22.4. The monoisotopic (exact) mass is 392 g/mol. The van der Waals surface area contributed by atoms with E-state index in [0.29, 0.717) is 19.6 Å². The second-order valence-corrected chi connectivity index (χ2v) is 7.07. The maximum Gasteiger partial charge on any atom is 0.313 e. The molecule has 0 amide bonds. The topological polar surface area (TPSA) is 71.1 Å². The summed E-state index contributed by atoms with van der Waals surface area (Å²) in [6.45, 7) is 3.80. The molecule has 0 bridgehead atoms. The molecular weight excluding hydrogens is 360 g/mol. The van der Waals surface area contributed by atoms with Crippen molar-refractivity contribution in [3.05, 3.63) is 29.8 Å². The molecule has 1 fully saturated rings. The average Bonchev–Trinajstić information content (AvgIpc) is 2.69. The predicted octanol–water partition coefficient (Wildman–Crippen LogP) is 3.84. The van der Waals surface area contributed by atoms with E-state index in [-0.39, 0.29) is 18.5 Å². The van der Waals surface area contributed by atoms with Gasteiger partial charge in [-0.3, -0.25) is 9.59 Å². The number of benzene rings is 1. The summed E-state index contributed by atoms with van der Waals surface area (Å²) in [6.07, 6.45) is 6.63. The van der Waals surface area contributed by atoms with E-state index in [1.807, 2.05) is 12.1 Å². The van der Waals surface area contributed by atoms with Crippen molar-refractivity contribution in [2.75, 3.05) is 26.4 Å². The van der Waals surface area contributed by atoms with Crippen LogP contribution in [0.5, 0.6) is 5.75 Å². The molecule has 0 saturated carbocycles. The molecular formula is C22H32O6. The largest absolute Gasteiger partial charge is 0.494 e. The van der Waals surface area contributed by atoms with Gasteiger partial charge in [0.25, 0.3) is 0 Å². The number of ether oxygens (including phenoxy) is 4. The van der Waals surface area contributed by atoms with Crippen LogP contribution in [0.4, 0.5) is 0 Å². The molecule has 1 aliphatic heterocycles. The second kappa shape index (κ2) is 13.3. The van der Waals surface area contributed by atoms with E-state index in [2.05, 4.69) is 12.1 Å². The molecule has 1 atom stereocenters. The van der Waals surface area contributed by atoms with Crippen molar-refractivity contribution < 1.29 is 28.5 Å². The van der Waals surface area contributed by atoms with Crippen LogP contribution in [-0.2, 0) is 30.2 Å². The first-order valence-electron chi connectivity index (χ1n) is 10.2. The Kier molecular flexibility index (Phi) is 10.6. The Morgan fingerprint density at radius 2 is 1.82 bits per heavy atom. The Labute approximate surface area is 167 Å². The number of hydrogen-bond donors (Lipinski definition) is 0. The van der Waals surface area contributed by atoms with Crippen LogP contribution in [0.1, 0.15) is 57.4 Å². The maximum atomic E-state index is 11.2. The van der Waals surface area contributed by atoms with Gasteiger partial charge in [0.2, 0.25) is 0 Å². The number of Topliss-reactive ketones (excluding diaryl/α,β-unsaturated/α-hetero) is 1. The average molecular weight is 392 g/mol. The molecule has 28 heavy (non-hydrogen) atoms. The Morgan fingerprint density at radius 3 is 2.54 bits per heavy atom. The van der Waals surface area contributed by atoms with Crippen LogP contribution in [-0.4, -0.2) is 44.5 Å². The van der Waals surface area contributed by atoms with Gasteiger partial charge in [0.15, 0.2) is 6.29 Å². The molecule has 156 valence electrons. The lowest BCUT2D eigenvalue weighted by Gasteiger charge is -2.22. The van der Waals surface area contributed by atoms with Crippen molar-refractivity contribution in [3.8, 4) is 5.75 Å². The molecule has 0 N–H and O–H groups in total. The third kappa shape index (κ3) is 9.85. The highest BCUT2D eigenvalue weighted by molar-refractivity contribution is 5.94. The number of unbranched alkanes of at least 4 members (excludes halogenated alkanes) is 1. The zero-order valence-corrected chi connectivity index (χ0v) is 16.8. The van der Waals surface area contributed by atoms with E-state index < -0.39 is 5.97 Å². The Balaban J connectivity index is 1.50. The molecule has 6 heteroatoms. The number of carbonyl (C=O) groups excluding carboxylic acids is 2. The van der Waals surface area contributed by atoms with Crippen LogP contribution >= 0.6 is 0 Å². The molecule has 1 unspecified atom stereocenters. The van der Waals surface area contributed by atoms with Gasteiger partial charge >= 0.3 is 5.97 Å². The van der Waals surface area contributed by atoms with Gasteiger partial charge in [-0.25, -0.2) is 0 Å². The van der Waals surface area contributed by atoms with Crippen LogP contribution in [0.3, 0.4) is 0 Å². The van der Waals surface area contributed by atoms with Crippen LogP contribution in [0.2, 0.25) is 0 Å². The molecule has 0 aromatic heterocycles. The number of ketones is 1. The van der Waals surface area contributed by atoms with Gasteiger partial charge in [0, 0.05) is 6.61 Å². The Bertz CT molecular complexity index is 577. The number of hydrogen-bond acceptors (Lipinski definition) is 6. The minimum atomic E-state index is -0.458. The summed E-state index contributed by atoms with van der Waals surface area (Å²) in [4.78, 5) is 22.0. The minimum absolute atomic E-state index is 0.0119. The molecule has 6 nitrogen and oxygen atoms in total. The quantitative estimate of drug-likeness (QED) is 0.289. The summed E-state index contributed by atoms with van der Waals surface area (Å²) in [7, 11) is 0. The third-order valence-corrected chi connectivity index (χ3v) is 4.44. The highest BCUT2D eigenvalue weighted by atomic mass is 16.7. The lowest BCUT2D eigenvalue weighted by Crippen LogP contribution is -2.22. The van der Waals surface area contributed by atoms with E-state index in [1.54, 1.807) is 0 Å². The molecule has 1 heterocycles. The summed E-state index contributed by atoms with van der Waals surface area (Å²) in [6, 6.07) is 8.12. The van der Waals surface area contributed by atoms with Gasteiger partial charge in [-0.05, 0) is 69.6 Å². The van der Waals surface area contributed by atoms with Crippen molar-refractivity contribution in [3.63, 3.8) is 0 Å². The number of rotatable bonds is 13. The van der Waals surface area contributed by atoms with Crippen molar-refractivity contribution in [1.29, 1.82) is 0 Å². The molecule has 1 aromatic rings. The van der Waals surface area contributed by atoms with E-state index in [0.717, 1.165) is 51.1 Å². The van der Waals surface area contributed by atoms with Gasteiger partial charge in [-0.2, -0.15) is 0 Å². The molecule has 1 saturated heterocycles. The maximum absolute atomic E-state index is 11.2. The zero-order chi connectivity index (χ0) is 20.0. The molecule has 0 spiro atoms. The first-order valence-corrected chi connectivity index (χ1v) is 10.2. The summed E-state index contributed by atoms with van der Waals surface area (Å²) < 4.78 is 22.0. The van der Waals surface area contributed by atoms with Gasteiger partial charge in [0.1, 0.15) is 18.0 Å². The third-order valence-electron chi connectivity index (χ3n) is 4.44. The molecule has 2 rings (SSSR count). The number of esters is 1. The lowest BCUT2D eigenvalue weighted by molar-refractivity contribution is -0.162.